The molecule has 3 N–H and O–H groups in total. The van der Waals surface area contributed by atoms with Crippen molar-refractivity contribution in [1.82, 2.24) is 24.9 Å². The first-order valence-corrected chi connectivity index (χ1v) is 10.9. The third kappa shape index (κ3) is 4.32. The van der Waals surface area contributed by atoms with Crippen LogP contribution in [0.25, 0.3) is 22.4 Å². The minimum Gasteiger partial charge on any atom is -0.335 e. The summed E-state index contributed by atoms with van der Waals surface area (Å²) in [6, 6.07) is 5.62. The molecule has 0 spiro atoms. The summed E-state index contributed by atoms with van der Waals surface area (Å²) in [6.07, 6.45) is 3.43. The molecule has 8 nitrogen and oxygen atoms in total. The van der Waals surface area contributed by atoms with E-state index in [1.807, 2.05) is 6.92 Å². The molecule has 12 heteroatoms. The van der Waals surface area contributed by atoms with Crippen molar-refractivity contribution < 1.29 is 13.0 Å². The summed E-state index contributed by atoms with van der Waals surface area (Å²) in [5.74, 6) is -1.27. The van der Waals surface area contributed by atoms with E-state index in [2.05, 4.69) is 35.0 Å². The van der Waals surface area contributed by atoms with Crippen LogP contribution in [-0.2, 0) is 11.0 Å². The van der Waals surface area contributed by atoms with Crippen molar-refractivity contribution in [2.24, 2.45) is 0 Å². The number of halogens is 3. The average Bonchev–Trinajstić information content (AvgIpc) is 3.14. The maximum atomic E-state index is 15.0. The summed E-state index contributed by atoms with van der Waals surface area (Å²) >= 11 is 5.94. The molecule has 1 aromatic carbocycles. The molecule has 0 amide bonds. The number of fused-ring (bicyclic) bond motifs is 1. The highest BCUT2D eigenvalue weighted by Crippen LogP contribution is 2.34. The van der Waals surface area contributed by atoms with E-state index in [-0.39, 0.29) is 16.8 Å². The highest BCUT2D eigenvalue weighted by atomic mass is 35.5. The van der Waals surface area contributed by atoms with Crippen LogP contribution in [0.1, 0.15) is 13.3 Å². The molecule has 4 rings (SSSR count). The normalized spacial score (nSPS) is 12.1. The van der Waals surface area contributed by atoms with Crippen molar-refractivity contribution in [3.05, 3.63) is 53.7 Å². The maximum absolute atomic E-state index is 15.0. The van der Waals surface area contributed by atoms with Gasteiger partial charge in [-0.25, -0.2) is 27.9 Å². The zero-order valence-electron chi connectivity index (χ0n) is 16.1. The Bertz CT molecular complexity index is 1280. The molecule has 4 aromatic rings. The predicted molar refractivity (Wildman–Crippen MR) is 116 cm³/mol. The summed E-state index contributed by atoms with van der Waals surface area (Å²) in [5.41, 5.74) is 1.12. The van der Waals surface area contributed by atoms with Crippen LogP contribution in [0.2, 0.25) is 5.28 Å². The Balaban J connectivity index is 1.76. The van der Waals surface area contributed by atoms with Crippen molar-refractivity contribution in [3.63, 3.8) is 0 Å². The Labute approximate surface area is 183 Å². The molecule has 0 radical (unpaired) electrons. The third-order valence-corrected chi connectivity index (χ3v) is 5.68. The first-order valence-electron chi connectivity index (χ1n) is 9.19. The fourth-order valence-corrected chi connectivity index (χ4v) is 3.97. The molecule has 0 fully saturated rings. The number of hydrogen-bond acceptors (Lipinski definition) is 6. The number of imidazole rings is 1. The number of hydrogen-bond donors (Lipinski definition) is 3. The SMILES string of the molecule is CCCS(=O)Nc1ccc(F)c(Nc2ncccc2-c2ncnc3nc(Cl)[nH]c23)c1F. The summed E-state index contributed by atoms with van der Waals surface area (Å²) in [4.78, 5) is 19.4. The molecule has 3 heterocycles. The van der Waals surface area contributed by atoms with Gasteiger partial charge in [0.25, 0.3) is 0 Å². The van der Waals surface area contributed by atoms with Gasteiger partial charge in [-0.15, -0.1) is 0 Å². The average molecular weight is 464 g/mol. The van der Waals surface area contributed by atoms with Gasteiger partial charge in [0.1, 0.15) is 45.8 Å². The molecule has 0 aliphatic rings. The number of nitrogens with one attached hydrogen (secondary N) is 3. The Morgan fingerprint density at radius 1 is 1.19 bits per heavy atom. The number of benzene rings is 1. The van der Waals surface area contributed by atoms with Gasteiger partial charge < -0.3 is 15.0 Å². The van der Waals surface area contributed by atoms with Gasteiger partial charge in [-0.1, -0.05) is 6.92 Å². The summed E-state index contributed by atoms with van der Waals surface area (Å²) in [7, 11) is -1.49. The second-order valence-electron chi connectivity index (χ2n) is 6.41. The van der Waals surface area contributed by atoms with Crippen molar-refractivity contribution >= 4 is 50.9 Å². The van der Waals surface area contributed by atoms with E-state index in [0.29, 0.717) is 34.6 Å². The van der Waals surface area contributed by atoms with E-state index in [0.717, 1.165) is 6.07 Å². The number of H-pyrrole nitrogens is 1. The number of aromatic amines is 1. The number of pyridine rings is 1. The van der Waals surface area contributed by atoms with E-state index in [1.165, 1.54) is 18.6 Å². The fourth-order valence-electron chi connectivity index (χ4n) is 2.92. The van der Waals surface area contributed by atoms with E-state index in [4.69, 9.17) is 11.6 Å². The van der Waals surface area contributed by atoms with Gasteiger partial charge >= 0.3 is 0 Å². The minimum atomic E-state index is -1.49. The molecule has 0 saturated carbocycles. The lowest BCUT2D eigenvalue weighted by Gasteiger charge is -2.14. The standard InChI is InChI=1S/C19H16ClF2N7OS/c1-2-8-31(30)29-12-6-5-11(21)15(13(12)22)26-17-10(4-3-7-23-17)14-16-18(25-9-24-14)28-19(20)27-16/h3-7,9,29H,2,8H2,1H3,(H,23,26)(H,24,25,27,28). The topological polar surface area (TPSA) is 108 Å². The number of anilines is 3. The van der Waals surface area contributed by atoms with Gasteiger partial charge in [-0.2, -0.15) is 4.98 Å². The Morgan fingerprint density at radius 2 is 2.03 bits per heavy atom. The Morgan fingerprint density at radius 3 is 2.84 bits per heavy atom. The first-order chi connectivity index (χ1) is 15.0. The molecule has 31 heavy (non-hydrogen) atoms. The molecule has 0 saturated heterocycles. The molecule has 0 aliphatic heterocycles. The molecule has 0 aliphatic carbocycles. The Kier molecular flexibility index (Phi) is 6.05. The number of nitrogens with zero attached hydrogens (tertiary/aromatic N) is 4. The lowest BCUT2D eigenvalue weighted by molar-refractivity contribution is 0.593. The summed E-state index contributed by atoms with van der Waals surface area (Å²) in [6.45, 7) is 1.85. The zero-order valence-corrected chi connectivity index (χ0v) is 17.7. The molecule has 1 atom stereocenters. The maximum Gasteiger partial charge on any atom is 0.202 e. The van der Waals surface area contributed by atoms with Gasteiger partial charge in [-0.3, -0.25) is 0 Å². The van der Waals surface area contributed by atoms with Crippen molar-refractivity contribution in [2.45, 2.75) is 13.3 Å². The first kappa shape index (κ1) is 21.1. The van der Waals surface area contributed by atoms with Gasteiger partial charge in [0.2, 0.25) is 5.28 Å². The quantitative estimate of drug-likeness (QED) is 0.346. The second-order valence-corrected chi connectivity index (χ2v) is 8.07. The molecule has 3 aromatic heterocycles. The zero-order chi connectivity index (χ0) is 22.0. The lowest BCUT2D eigenvalue weighted by atomic mass is 10.1. The largest absolute Gasteiger partial charge is 0.335 e. The van der Waals surface area contributed by atoms with E-state index in [1.54, 1.807) is 12.1 Å². The summed E-state index contributed by atoms with van der Waals surface area (Å²) < 4.78 is 44.0. The predicted octanol–water partition coefficient (Wildman–Crippen LogP) is 4.58. The van der Waals surface area contributed by atoms with Crippen molar-refractivity contribution in [2.75, 3.05) is 15.8 Å². The van der Waals surface area contributed by atoms with Crippen LogP contribution < -0.4 is 10.0 Å². The molecule has 160 valence electrons. The molecular formula is C19H16ClF2N7OS. The third-order valence-electron chi connectivity index (χ3n) is 4.27. The Hall–Kier alpha value is -3.18. The highest BCUT2D eigenvalue weighted by Gasteiger charge is 2.19. The molecule has 0 bridgehead atoms. The van der Waals surface area contributed by atoms with Crippen LogP contribution in [-0.4, -0.2) is 34.9 Å². The van der Waals surface area contributed by atoms with Crippen LogP contribution in [0.5, 0.6) is 0 Å². The minimum absolute atomic E-state index is 0.0852. The van der Waals surface area contributed by atoms with Gasteiger partial charge in [0.15, 0.2) is 11.5 Å². The van der Waals surface area contributed by atoms with Crippen LogP contribution in [0.3, 0.4) is 0 Å². The van der Waals surface area contributed by atoms with E-state index in [9.17, 15) is 8.60 Å². The van der Waals surface area contributed by atoms with E-state index < -0.39 is 28.3 Å². The molecule has 1 unspecified atom stereocenters. The summed E-state index contributed by atoms with van der Waals surface area (Å²) in [5, 5.41) is 2.83. The smallest absolute Gasteiger partial charge is 0.202 e. The van der Waals surface area contributed by atoms with Crippen LogP contribution in [0, 0.1) is 11.6 Å². The van der Waals surface area contributed by atoms with E-state index >= 15 is 4.39 Å². The number of rotatable bonds is 7. The number of aromatic nitrogens is 5. The van der Waals surface area contributed by atoms with Crippen LogP contribution >= 0.6 is 11.6 Å². The van der Waals surface area contributed by atoms with Gasteiger partial charge in [0, 0.05) is 17.5 Å². The van der Waals surface area contributed by atoms with Crippen LogP contribution in [0.15, 0.2) is 36.8 Å². The van der Waals surface area contributed by atoms with Gasteiger partial charge in [0.05, 0.1) is 5.69 Å². The highest BCUT2D eigenvalue weighted by molar-refractivity contribution is 7.86. The lowest BCUT2D eigenvalue weighted by Crippen LogP contribution is -2.11. The van der Waals surface area contributed by atoms with Crippen molar-refractivity contribution in [3.8, 4) is 11.3 Å². The van der Waals surface area contributed by atoms with Crippen LogP contribution in [0.4, 0.5) is 26.0 Å². The van der Waals surface area contributed by atoms with Crippen molar-refractivity contribution in [1.29, 1.82) is 0 Å². The fraction of sp³-hybridized carbons (Fsp3) is 0.158. The molecular weight excluding hydrogens is 448 g/mol. The monoisotopic (exact) mass is 463 g/mol. The van der Waals surface area contributed by atoms with Gasteiger partial charge in [-0.05, 0) is 42.3 Å². The second kappa shape index (κ2) is 8.90.